The molecule has 0 N–H and O–H groups in total. The Bertz CT molecular complexity index is 209. The molecule has 0 spiro atoms. The quantitative estimate of drug-likeness (QED) is 0.336. The van der Waals surface area contributed by atoms with Gasteiger partial charge in [-0.05, 0) is 5.56 Å². The molecule has 0 aliphatic heterocycles. The Morgan fingerprint density at radius 1 is 1.18 bits per heavy atom. The molecule has 0 aliphatic carbocycles. The van der Waals surface area contributed by atoms with Crippen molar-refractivity contribution in [3.05, 3.63) is 43.3 Å². The van der Waals surface area contributed by atoms with Crippen LogP contribution in [0.5, 0.6) is 0 Å². The summed E-state index contributed by atoms with van der Waals surface area (Å²) in [7, 11) is 0. The third kappa shape index (κ3) is 4.19. The van der Waals surface area contributed by atoms with Gasteiger partial charge in [0, 0.05) is 0 Å². The van der Waals surface area contributed by atoms with E-state index in [0.717, 1.165) is 0 Å². The largest absolute Gasteiger partial charge is 1.00 e. The molecule has 0 heterocycles. The maximum absolute atomic E-state index is 10.1. The second-order valence-electron chi connectivity index (χ2n) is 1.65. The number of benzene rings is 1. The van der Waals surface area contributed by atoms with Crippen molar-refractivity contribution in [2.45, 2.75) is 0 Å². The Balaban J connectivity index is 0. The van der Waals surface area contributed by atoms with Crippen LogP contribution in [0.15, 0.2) is 30.3 Å². The number of hydrogen-bond acceptors (Lipinski definition) is 2. The summed E-state index contributed by atoms with van der Waals surface area (Å²) in [5, 5.41) is 10.1. The maximum atomic E-state index is 10.1. The second kappa shape index (κ2) is 6.40. The van der Waals surface area contributed by atoms with Crippen molar-refractivity contribution in [3.63, 3.8) is 0 Å². The van der Waals surface area contributed by atoms with Crippen molar-refractivity contribution in [1.29, 1.82) is 0 Å². The normalized spacial score (nSPS) is 7.27. The minimum absolute atomic E-state index is 0. The number of aromatic carboxylic acids is 1. The standard InChI is InChI=1S/C7H6O2.CH3.Na/c8-7(9)6-4-2-1-3-5-6;;/h1-5H,(H,8,9);1H3;/q;-1;+1/p-1. The summed E-state index contributed by atoms with van der Waals surface area (Å²) in [6.07, 6.45) is 0. The summed E-state index contributed by atoms with van der Waals surface area (Å²) in [4.78, 5) is 10.1. The van der Waals surface area contributed by atoms with E-state index in [1.807, 2.05) is 0 Å². The number of carbonyl (C=O) groups excluding carboxylic acids is 1. The molecular weight excluding hydrogens is 151 g/mol. The first-order chi connectivity index (χ1) is 4.30. The maximum Gasteiger partial charge on any atom is 1.00 e. The molecule has 2 nitrogen and oxygen atoms in total. The summed E-state index contributed by atoms with van der Waals surface area (Å²) in [6, 6.07) is 8.06. The van der Waals surface area contributed by atoms with Crippen LogP contribution in [-0.2, 0) is 0 Å². The molecule has 1 rings (SSSR count). The molecule has 11 heavy (non-hydrogen) atoms. The van der Waals surface area contributed by atoms with Gasteiger partial charge in [-0.25, -0.2) is 0 Å². The summed E-state index contributed by atoms with van der Waals surface area (Å²) in [5.74, 6) is -1.13. The van der Waals surface area contributed by atoms with Crippen LogP contribution in [0.25, 0.3) is 0 Å². The van der Waals surface area contributed by atoms with Gasteiger partial charge in [-0.3, -0.25) is 0 Å². The molecule has 1 aromatic carbocycles. The number of hydrogen-bond donors (Lipinski definition) is 0. The van der Waals surface area contributed by atoms with Gasteiger partial charge in [0.2, 0.25) is 0 Å². The van der Waals surface area contributed by atoms with Crippen molar-refractivity contribution in [2.75, 3.05) is 0 Å². The molecule has 0 aliphatic rings. The third-order valence-electron chi connectivity index (χ3n) is 1.01. The van der Waals surface area contributed by atoms with Gasteiger partial charge < -0.3 is 17.3 Å². The number of carbonyl (C=O) groups is 1. The van der Waals surface area contributed by atoms with E-state index in [1.165, 1.54) is 12.1 Å². The Hall–Kier alpha value is -0.310. The van der Waals surface area contributed by atoms with Crippen LogP contribution in [-0.4, -0.2) is 5.97 Å². The van der Waals surface area contributed by atoms with Crippen molar-refractivity contribution in [1.82, 2.24) is 0 Å². The summed E-state index contributed by atoms with van der Waals surface area (Å²) < 4.78 is 0. The van der Waals surface area contributed by atoms with E-state index < -0.39 is 5.97 Å². The van der Waals surface area contributed by atoms with Crippen LogP contribution in [0.3, 0.4) is 0 Å². The second-order valence-corrected chi connectivity index (χ2v) is 1.65. The zero-order valence-corrected chi connectivity index (χ0v) is 8.70. The molecule has 54 valence electrons. The van der Waals surface area contributed by atoms with Crippen LogP contribution in [0.1, 0.15) is 10.4 Å². The van der Waals surface area contributed by atoms with Gasteiger partial charge in [0.1, 0.15) is 0 Å². The van der Waals surface area contributed by atoms with Crippen LogP contribution in [0.4, 0.5) is 0 Å². The van der Waals surface area contributed by atoms with Gasteiger partial charge in [0.05, 0.1) is 5.97 Å². The van der Waals surface area contributed by atoms with Gasteiger partial charge >= 0.3 is 29.6 Å². The van der Waals surface area contributed by atoms with E-state index in [4.69, 9.17) is 0 Å². The Morgan fingerprint density at radius 3 is 1.91 bits per heavy atom. The molecule has 0 unspecified atom stereocenters. The van der Waals surface area contributed by atoms with Gasteiger partial charge in [0.25, 0.3) is 0 Å². The molecule has 0 fully saturated rings. The molecule has 0 saturated carbocycles. The average Bonchev–Trinajstić information content (AvgIpc) is 1.90. The molecule has 0 saturated heterocycles. The van der Waals surface area contributed by atoms with Gasteiger partial charge in [0.15, 0.2) is 0 Å². The number of rotatable bonds is 1. The Labute approximate surface area is 88.5 Å². The van der Waals surface area contributed by atoms with E-state index in [2.05, 4.69) is 0 Å². The van der Waals surface area contributed by atoms with E-state index in [1.54, 1.807) is 18.2 Å². The van der Waals surface area contributed by atoms with E-state index in [-0.39, 0.29) is 42.5 Å². The fourth-order valence-corrected chi connectivity index (χ4v) is 0.574. The molecule has 0 bridgehead atoms. The molecule has 3 heteroatoms. The first-order valence-corrected chi connectivity index (χ1v) is 2.57. The zero-order chi connectivity index (χ0) is 6.69. The predicted octanol–water partition coefficient (Wildman–Crippen LogP) is -2.50. The number of carboxylic acid groups (broad SMARTS) is 1. The smallest absolute Gasteiger partial charge is 0.545 e. The molecule has 0 aromatic heterocycles. The van der Waals surface area contributed by atoms with Crippen molar-refractivity contribution >= 4 is 5.97 Å². The summed E-state index contributed by atoms with van der Waals surface area (Å²) in [5.41, 5.74) is 0.220. The van der Waals surface area contributed by atoms with Crippen LogP contribution < -0.4 is 34.7 Å². The first kappa shape index (κ1) is 13.3. The monoisotopic (exact) mass is 159 g/mol. The zero-order valence-electron chi connectivity index (χ0n) is 6.70. The fourth-order valence-electron chi connectivity index (χ4n) is 0.574. The van der Waals surface area contributed by atoms with Crippen molar-refractivity contribution in [2.24, 2.45) is 0 Å². The fraction of sp³-hybridized carbons (Fsp3) is 0. The SMILES string of the molecule is O=C([O-])c1ccccc1.[CH3-].[Na+]. The summed E-state index contributed by atoms with van der Waals surface area (Å²) >= 11 is 0. The Kier molecular flexibility index (Phi) is 7.74. The van der Waals surface area contributed by atoms with E-state index >= 15 is 0 Å². The first-order valence-electron chi connectivity index (χ1n) is 2.57. The van der Waals surface area contributed by atoms with Crippen LogP contribution in [0.2, 0.25) is 0 Å². The van der Waals surface area contributed by atoms with Crippen LogP contribution >= 0.6 is 0 Å². The van der Waals surface area contributed by atoms with E-state index in [0.29, 0.717) is 0 Å². The minimum Gasteiger partial charge on any atom is -0.545 e. The van der Waals surface area contributed by atoms with Gasteiger partial charge in [-0.2, -0.15) is 0 Å². The van der Waals surface area contributed by atoms with Gasteiger partial charge in [-0.1, -0.05) is 30.3 Å². The molecule has 0 amide bonds. The topological polar surface area (TPSA) is 40.1 Å². The third-order valence-corrected chi connectivity index (χ3v) is 1.01. The van der Waals surface area contributed by atoms with E-state index in [9.17, 15) is 9.90 Å². The summed E-state index contributed by atoms with van der Waals surface area (Å²) in [6.45, 7) is 0. The molecule has 1 aromatic rings. The van der Waals surface area contributed by atoms with Crippen LogP contribution in [0, 0.1) is 7.43 Å². The predicted molar refractivity (Wildman–Crippen MR) is 37.2 cm³/mol. The Morgan fingerprint density at radius 2 is 1.64 bits per heavy atom. The molecule has 0 radical (unpaired) electrons. The molecular formula is C8H8NaO2-. The average molecular weight is 159 g/mol. The number of carboxylic acids is 1. The van der Waals surface area contributed by atoms with Gasteiger partial charge in [-0.15, -0.1) is 0 Å². The van der Waals surface area contributed by atoms with Crippen molar-refractivity contribution in [3.8, 4) is 0 Å². The molecule has 0 atom stereocenters. The van der Waals surface area contributed by atoms with Crippen molar-refractivity contribution < 1.29 is 39.5 Å². The minimum atomic E-state index is -1.13.